The number of nitrogens with one attached hydrogen (secondary N) is 1. The van der Waals surface area contributed by atoms with Gasteiger partial charge in [-0.25, -0.2) is 4.39 Å². The van der Waals surface area contributed by atoms with E-state index in [1.807, 2.05) is 0 Å². The number of amides is 2. The van der Waals surface area contributed by atoms with Crippen LogP contribution in [0.2, 0.25) is 0 Å². The first kappa shape index (κ1) is 21.3. The van der Waals surface area contributed by atoms with Crippen molar-refractivity contribution >= 4 is 23.5 Å². The SMILES string of the molecule is COc1ccccc1N1C[C@H](C(=O)O[C@H](C)C(=O)NCc2ccc(F)cc2)CC1=O. The van der Waals surface area contributed by atoms with Gasteiger partial charge in [-0.1, -0.05) is 24.3 Å². The summed E-state index contributed by atoms with van der Waals surface area (Å²) >= 11 is 0. The fraction of sp³-hybridized carbons (Fsp3) is 0.318. The molecule has 2 amide bonds. The van der Waals surface area contributed by atoms with Gasteiger partial charge in [0.25, 0.3) is 5.91 Å². The third-order valence-corrected chi connectivity index (χ3v) is 4.88. The van der Waals surface area contributed by atoms with Gasteiger partial charge in [0.05, 0.1) is 18.7 Å². The molecule has 1 saturated heterocycles. The lowest BCUT2D eigenvalue weighted by Crippen LogP contribution is -2.37. The summed E-state index contributed by atoms with van der Waals surface area (Å²) in [5, 5.41) is 2.64. The van der Waals surface area contributed by atoms with Gasteiger partial charge in [-0.2, -0.15) is 0 Å². The second-order valence-corrected chi connectivity index (χ2v) is 7.00. The van der Waals surface area contributed by atoms with E-state index in [1.165, 1.54) is 31.1 Å². The van der Waals surface area contributed by atoms with E-state index >= 15 is 0 Å². The van der Waals surface area contributed by atoms with E-state index < -0.39 is 23.9 Å². The van der Waals surface area contributed by atoms with Crippen molar-refractivity contribution in [3.8, 4) is 5.75 Å². The second-order valence-electron chi connectivity index (χ2n) is 7.00. The number of para-hydroxylation sites is 2. The average Bonchev–Trinajstić information content (AvgIpc) is 3.14. The summed E-state index contributed by atoms with van der Waals surface area (Å²) in [5.41, 5.74) is 1.31. The highest BCUT2D eigenvalue weighted by molar-refractivity contribution is 6.00. The van der Waals surface area contributed by atoms with Gasteiger partial charge in [0.15, 0.2) is 6.10 Å². The molecule has 2 atom stereocenters. The average molecular weight is 414 g/mol. The van der Waals surface area contributed by atoms with Gasteiger partial charge >= 0.3 is 5.97 Å². The molecule has 7 nitrogen and oxygen atoms in total. The minimum absolute atomic E-state index is 0.000794. The highest BCUT2D eigenvalue weighted by Gasteiger charge is 2.38. The molecule has 0 saturated carbocycles. The van der Waals surface area contributed by atoms with Gasteiger partial charge in [0.2, 0.25) is 5.91 Å². The van der Waals surface area contributed by atoms with Crippen molar-refractivity contribution < 1.29 is 28.2 Å². The van der Waals surface area contributed by atoms with Gasteiger partial charge in [0, 0.05) is 19.5 Å². The zero-order chi connectivity index (χ0) is 21.7. The molecule has 1 aliphatic heterocycles. The Bertz CT molecular complexity index is 931. The van der Waals surface area contributed by atoms with Crippen LogP contribution in [0.5, 0.6) is 5.75 Å². The number of esters is 1. The fourth-order valence-corrected chi connectivity index (χ4v) is 3.21. The lowest BCUT2D eigenvalue weighted by Gasteiger charge is -2.20. The molecule has 1 fully saturated rings. The maximum absolute atomic E-state index is 12.9. The summed E-state index contributed by atoms with van der Waals surface area (Å²) in [4.78, 5) is 38.6. The first-order valence-electron chi connectivity index (χ1n) is 9.55. The number of ether oxygens (including phenoxy) is 2. The number of methoxy groups -OCH3 is 1. The molecule has 0 radical (unpaired) electrons. The van der Waals surface area contributed by atoms with Crippen molar-refractivity contribution in [1.82, 2.24) is 5.32 Å². The Labute approximate surface area is 173 Å². The van der Waals surface area contributed by atoms with Crippen molar-refractivity contribution in [2.45, 2.75) is 26.0 Å². The quantitative estimate of drug-likeness (QED) is 0.704. The Balaban J connectivity index is 1.54. The number of hydrogen-bond donors (Lipinski definition) is 1. The molecule has 1 N–H and O–H groups in total. The number of halogens is 1. The van der Waals surface area contributed by atoms with E-state index in [2.05, 4.69) is 5.32 Å². The fourth-order valence-electron chi connectivity index (χ4n) is 3.21. The number of nitrogens with zero attached hydrogens (tertiary/aromatic N) is 1. The second kappa shape index (κ2) is 9.39. The van der Waals surface area contributed by atoms with Crippen LogP contribution in [0.4, 0.5) is 10.1 Å². The number of hydrogen-bond acceptors (Lipinski definition) is 5. The van der Waals surface area contributed by atoms with Gasteiger partial charge < -0.3 is 19.7 Å². The van der Waals surface area contributed by atoms with Crippen LogP contribution in [0.25, 0.3) is 0 Å². The normalized spacial score (nSPS) is 16.8. The predicted molar refractivity (Wildman–Crippen MR) is 107 cm³/mol. The number of anilines is 1. The Hall–Kier alpha value is -3.42. The molecule has 0 bridgehead atoms. The van der Waals surface area contributed by atoms with Crippen LogP contribution in [0.3, 0.4) is 0 Å². The molecule has 158 valence electrons. The van der Waals surface area contributed by atoms with Crippen LogP contribution < -0.4 is 15.0 Å². The molecule has 2 aromatic carbocycles. The van der Waals surface area contributed by atoms with Gasteiger partial charge in [-0.05, 0) is 36.8 Å². The zero-order valence-corrected chi connectivity index (χ0v) is 16.8. The summed E-state index contributed by atoms with van der Waals surface area (Å²) in [6, 6.07) is 12.8. The standard InChI is InChI=1S/C22H23FN2O5/c1-14(21(27)24-12-15-7-9-17(23)10-8-15)30-22(28)16-11-20(26)25(13-16)18-5-3-4-6-19(18)29-2/h3-10,14,16H,11-13H2,1-2H3,(H,24,27)/t14-,16-/m1/s1. The first-order valence-corrected chi connectivity index (χ1v) is 9.55. The number of carbonyl (C=O) groups excluding carboxylic acids is 3. The summed E-state index contributed by atoms with van der Waals surface area (Å²) in [6.45, 7) is 1.80. The smallest absolute Gasteiger partial charge is 0.312 e. The van der Waals surface area contributed by atoms with Crippen molar-refractivity contribution in [2.75, 3.05) is 18.6 Å². The molecule has 2 aromatic rings. The molecule has 3 rings (SSSR count). The van der Waals surface area contributed by atoms with Crippen LogP contribution in [-0.2, 0) is 25.7 Å². The summed E-state index contributed by atoms with van der Waals surface area (Å²) in [5.74, 6) is -1.79. The third kappa shape index (κ3) is 4.94. The van der Waals surface area contributed by atoms with E-state index in [-0.39, 0.29) is 31.2 Å². The molecule has 8 heteroatoms. The van der Waals surface area contributed by atoms with Crippen LogP contribution in [0.1, 0.15) is 18.9 Å². The minimum Gasteiger partial charge on any atom is -0.495 e. The molecule has 0 aliphatic carbocycles. The molecule has 30 heavy (non-hydrogen) atoms. The van der Waals surface area contributed by atoms with E-state index in [4.69, 9.17) is 9.47 Å². The molecule has 0 aromatic heterocycles. The highest BCUT2D eigenvalue weighted by atomic mass is 19.1. The van der Waals surface area contributed by atoms with Crippen LogP contribution in [0, 0.1) is 11.7 Å². The molecule has 0 unspecified atom stereocenters. The monoisotopic (exact) mass is 414 g/mol. The first-order chi connectivity index (χ1) is 14.4. The van der Waals surface area contributed by atoms with Gasteiger partial charge in [0.1, 0.15) is 11.6 Å². The lowest BCUT2D eigenvalue weighted by atomic mass is 10.1. The number of rotatable bonds is 7. The topological polar surface area (TPSA) is 84.9 Å². The number of benzene rings is 2. The Morgan fingerprint density at radius 3 is 2.60 bits per heavy atom. The Morgan fingerprint density at radius 1 is 1.20 bits per heavy atom. The van der Waals surface area contributed by atoms with Crippen LogP contribution in [0.15, 0.2) is 48.5 Å². The van der Waals surface area contributed by atoms with Gasteiger partial charge in [-0.3, -0.25) is 14.4 Å². The molecular formula is C22H23FN2O5. The molecule has 1 heterocycles. The Morgan fingerprint density at radius 2 is 1.90 bits per heavy atom. The minimum atomic E-state index is -1.02. The maximum Gasteiger partial charge on any atom is 0.312 e. The van der Waals surface area contributed by atoms with Crippen molar-refractivity contribution in [3.63, 3.8) is 0 Å². The largest absolute Gasteiger partial charge is 0.495 e. The Kier molecular flexibility index (Phi) is 6.66. The molecule has 0 spiro atoms. The van der Waals surface area contributed by atoms with E-state index in [9.17, 15) is 18.8 Å². The number of carbonyl (C=O) groups is 3. The zero-order valence-electron chi connectivity index (χ0n) is 16.8. The summed E-state index contributed by atoms with van der Waals surface area (Å²) in [6.07, 6.45) is -1.02. The van der Waals surface area contributed by atoms with Crippen molar-refractivity contribution in [1.29, 1.82) is 0 Å². The summed E-state index contributed by atoms with van der Waals surface area (Å²) in [7, 11) is 1.51. The van der Waals surface area contributed by atoms with E-state index in [0.717, 1.165) is 5.56 Å². The van der Waals surface area contributed by atoms with Crippen LogP contribution >= 0.6 is 0 Å². The van der Waals surface area contributed by atoms with Crippen LogP contribution in [-0.4, -0.2) is 37.5 Å². The molecule has 1 aliphatic rings. The van der Waals surface area contributed by atoms with Crippen molar-refractivity contribution in [2.24, 2.45) is 5.92 Å². The summed E-state index contributed by atoms with van der Waals surface area (Å²) < 4.78 is 23.5. The maximum atomic E-state index is 12.9. The van der Waals surface area contributed by atoms with Gasteiger partial charge in [-0.15, -0.1) is 0 Å². The highest BCUT2D eigenvalue weighted by Crippen LogP contribution is 2.33. The third-order valence-electron chi connectivity index (χ3n) is 4.88. The predicted octanol–water partition coefficient (Wildman–Crippen LogP) is 2.44. The van der Waals surface area contributed by atoms with E-state index in [1.54, 1.807) is 36.4 Å². The lowest BCUT2D eigenvalue weighted by molar-refractivity contribution is -0.158. The molecular weight excluding hydrogens is 391 g/mol. The van der Waals surface area contributed by atoms with Crippen molar-refractivity contribution in [3.05, 3.63) is 59.9 Å². The van der Waals surface area contributed by atoms with E-state index in [0.29, 0.717) is 11.4 Å².